The van der Waals surface area contributed by atoms with Crippen molar-refractivity contribution < 1.29 is 14.6 Å². The van der Waals surface area contributed by atoms with Gasteiger partial charge < -0.3 is 14.7 Å². The molecule has 0 aromatic rings. The summed E-state index contributed by atoms with van der Waals surface area (Å²) in [4.78, 5) is 13.1. The quantitative estimate of drug-likeness (QED) is 0.708. The van der Waals surface area contributed by atoms with Gasteiger partial charge in [0, 0.05) is 19.7 Å². The van der Waals surface area contributed by atoms with E-state index in [1.54, 1.807) is 0 Å². The van der Waals surface area contributed by atoms with E-state index in [-0.39, 0.29) is 0 Å². The van der Waals surface area contributed by atoms with Gasteiger partial charge in [-0.1, -0.05) is 12.8 Å². The minimum absolute atomic E-state index is 0.462. The summed E-state index contributed by atoms with van der Waals surface area (Å²) in [5, 5.41) is 8.96. The van der Waals surface area contributed by atoms with Crippen molar-refractivity contribution in [3.63, 3.8) is 0 Å². The number of hydrogen-bond acceptors (Lipinski definition) is 3. The van der Waals surface area contributed by atoms with Gasteiger partial charge in [0.1, 0.15) is 0 Å². The van der Waals surface area contributed by atoms with Gasteiger partial charge >= 0.3 is 5.97 Å². The average Bonchev–Trinajstić information content (AvgIpc) is 2.76. The van der Waals surface area contributed by atoms with Crippen LogP contribution in [0, 0.1) is 5.92 Å². The van der Waals surface area contributed by atoms with E-state index in [1.807, 2.05) is 6.92 Å². The van der Waals surface area contributed by atoms with E-state index in [1.165, 1.54) is 25.7 Å². The van der Waals surface area contributed by atoms with Crippen LogP contribution >= 0.6 is 0 Å². The Hall–Kier alpha value is -0.610. The van der Waals surface area contributed by atoms with E-state index in [0.717, 1.165) is 19.0 Å². The SMILES string of the molecule is CCOC(CCN(C)CC1CCCC1)C(=O)O. The Morgan fingerprint density at radius 2 is 2.12 bits per heavy atom. The molecule has 1 unspecified atom stereocenters. The average molecular weight is 243 g/mol. The first-order chi connectivity index (χ1) is 8.13. The van der Waals surface area contributed by atoms with E-state index in [0.29, 0.717) is 13.0 Å². The van der Waals surface area contributed by atoms with E-state index in [2.05, 4.69) is 11.9 Å². The highest BCUT2D eigenvalue weighted by Crippen LogP contribution is 2.25. The topological polar surface area (TPSA) is 49.8 Å². The molecule has 0 amide bonds. The van der Waals surface area contributed by atoms with Gasteiger partial charge in [-0.15, -0.1) is 0 Å². The highest BCUT2D eigenvalue weighted by atomic mass is 16.5. The number of aliphatic carboxylic acids is 1. The van der Waals surface area contributed by atoms with Crippen LogP contribution in [0.1, 0.15) is 39.0 Å². The fourth-order valence-electron chi connectivity index (χ4n) is 2.54. The molecule has 0 saturated heterocycles. The summed E-state index contributed by atoms with van der Waals surface area (Å²) < 4.78 is 5.20. The summed E-state index contributed by atoms with van der Waals surface area (Å²) in [6.45, 7) is 4.19. The Morgan fingerprint density at radius 1 is 1.47 bits per heavy atom. The Morgan fingerprint density at radius 3 is 2.65 bits per heavy atom. The molecule has 100 valence electrons. The van der Waals surface area contributed by atoms with E-state index in [4.69, 9.17) is 9.84 Å². The van der Waals surface area contributed by atoms with E-state index in [9.17, 15) is 4.79 Å². The zero-order chi connectivity index (χ0) is 12.7. The largest absolute Gasteiger partial charge is 0.479 e. The molecule has 4 heteroatoms. The number of ether oxygens (including phenoxy) is 1. The molecule has 1 rings (SSSR count). The lowest BCUT2D eigenvalue weighted by Gasteiger charge is -2.22. The second kappa shape index (κ2) is 7.67. The van der Waals surface area contributed by atoms with Crippen molar-refractivity contribution in [1.29, 1.82) is 0 Å². The second-order valence-electron chi connectivity index (χ2n) is 4.98. The monoisotopic (exact) mass is 243 g/mol. The maximum absolute atomic E-state index is 10.9. The van der Waals surface area contributed by atoms with Crippen LogP contribution in [0.5, 0.6) is 0 Å². The molecule has 0 heterocycles. The van der Waals surface area contributed by atoms with Gasteiger partial charge in [0.25, 0.3) is 0 Å². The van der Waals surface area contributed by atoms with Crippen LogP contribution in [0.4, 0.5) is 0 Å². The Labute approximate surface area is 104 Å². The van der Waals surface area contributed by atoms with Gasteiger partial charge in [0.2, 0.25) is 0 Å². The molecule has 1 fully saturated rings. The minimum Gasteiger partial charge on any atom is -0.479 e. The lowest BCUT2D eigenvalue weighted by Crippen LogP contribution is -2.32. The van der Waals surface area contributed by atoms with Gasteiger partial charge in [-0.25, -0.2) is 4.79 Å². The molecule has 1 N–H and O–H groups in total. The maximum atomic E-state index is 10.9. The first kappa shape index (κ1) is 14.5. The number of hydrogen-bond donors (Lipinski definition) is 1. The van der Waals surface area contributed by atoms with E-state index < -0.39 is 12.1 Å². The van der Waals surface area contributed by atoms with Crippen LogP contribution in [0.15, 0.2) is 0 Å². The van der Waals surface area contributed by atoms with Crippen LogP contribution in [-0.4, -0.2) is 48.8 Å². The predicted molar refractivity (Wildman–Crippen MR) is 67.1 cm³/mol. The van der Waals surface area contributed by atoms with Crippen molar-refractivity contribution in [2.24, 2.45) is 5.92 Å². The fraction of sp³-hybridized carbons (Fsp3) is 0.923. The Kier molecular flexibility index (Phi) is 6.52. The van der Waals surface area contributed by atoms with Gasteiger partial charge in [-0.2, -0.15) is 0 Å². The molecule has 1 atom stereocenters. The zero-order valence-electron chi connectivity index (χ0n) is 11.0. The summed E-state index contributed by atoms with van der Waals surface area (Å²) in [5.74, 6) is -0.0310. The van der Waals surface area contributed by atoms with Gasteiger partial charge in [-0.3, -0.25) is 0 Å². The lowest BCUT2D eigenvalue weighted by molar-refractivity contribution is -0.150. The molecule has 0 aromatic heterocycles. The van der Waals surface area contributed by atoms with Crippen LogP contribution in [0.2, 0.25) is 0 Å². The third-order valence-electron chi connectivity index (χ3n) is 3.46. The Bertz CT molecular complexity index is 227. The summed E-state index contributed by atoms with van der Waals surface area (Å²) in [5.41, 5.74) is 0. The van der Waals surface area contributed by atoms with Gasteiger partial charge in [0.15, 0.2) is 6.10 Å². The third kappa shape index (κ3) is 5.50. The number of carbonyl (C=O) groups is 1. The summed E-state index contributed by atoms with van der Waals surface area (Å²) in [7, 11) is 2.07. The lowest BCUT2D eigenvalue weighted by atomic mass is 10.1. The highest BCUT2D eigenvalue weighted by Gasteiger charge is 2.20. The van der Waals surface area contributed by atoms with Crippen LogP contribution < -0.4 is 0 Å². The van der Waals surface area contributed by atoms with Crippen molar-refractivity contribution in [2.45, 2.75) is 45.1 Å². The molecule has 0 aliphatic heterocycles. The van der Waals surface area contributed by atoms with Gasteiger partial charge in [0.05, 0.1) is 0 Å². The Balaban J connectivity index is 2.20. The molecular weight excluding hydrogens is 218 g/mol. The van der Waals surface area contributed by atoms with Crippen molar-refractivity contribution in [3.8, 4) is 0 Å². The van der Waals surface area contributed by atoms with Crippen molar-refractivity contribution in [2.75, 3.05) is 26.7 Å². The smallest absolute Gasteiger partial charge is 0.332 e. The van der Waals surface area contributed by atoms with Crippen molar-refractivity contribution in [1.82, 2.24) is 4.90 Å². The summed E-state index contributed by atoms with van der Waals surface area (Å²) in [6, 6.07) is 0. The number of carboxylic acids is 1. The summed E-state index contributed by atoms with van der Waals surface area (Å²) in [6.07, 6.45) is 5.30. The molecule has 0 bridgehead atoms. The maximum Gasteiger partial charge on any atom is 0.332 e. The molecule has 0 aromatic carbocycles. The first-order valence-electron chi connectivity index (χ1n) is 6.66. The van der Waals surface area contributed by atoms with Crippen molar-refractivity contribution >= 4 is 5.97 Å². The first-order valence-corrected chi connectivity index (χ1v) is 6.66. The molecule has 0 spiro atoms. The predicted octanol–water partition coefficient (Wildman–Crippen LogP) is 1.99. The molecule has 1 aliphatic rings. The molecule has 4 nitrogen and oxygen atoms in total. The third-order valence-corrected chi connectivity index (χ3v) is 3.46. The fourth-order valence-corrected chi connectivity index (χ4v) is 2.54. The molecule has 0 radical (unpaired) electrons. The normalized spacial score (nSPS) is 18.8. The second-order valence-corrected chi connectivity index (χ2v) is 4.98. The zero-order valence-corrected chi connectivity index (χ0v) is 11.0. The van der Waals surface area contributed by atoms with Crippen LogP contribution in [0.3, 0.4) is 0 Å². The molecule has 17 heavy (non-hydrogen) atoms. The minimum atomic E-state index is -0.846. The van der Waals surface area contributed by atoms with Crippen LogP contribution in [0.25, 0.3) is 0 Å². The standard InChI is InChI=1S/C13H25NO3/c1-3-17-12(13(15)16)8-9-14(2)10-11-6-4-5-7-11/h11-12H,3-10H2,1-2H3,(H,15,16). The number of nitrogens with zero attached hydrogens (tertiary/aromatic N) is 1. The molecule has 1 aliphatic carbocycles. The number of carboxylic acid groups (broad SMARTS) is 1. The van der Waals surface area contributed by atoms with Crippen molar-refractivity contribution in [3.05, 3.63) is 0 Å². The van der Waals surface area contributed by atoms with Crippen LogP contribution in [-0.2, 0) is 9.53 Å². The number of rotatable bonds is 8. The highest BCUT2D eigenvalue weighted by molar-refractivity contribution is 5.72. The molecule has 1 saturated carbocycles. The van der Waals surface area contributed by atoms with E-state index >= 15 is 0 Å². The molecular formula is C13H25NO3. The summed E-state index contributed by atoms with van der Waals surface area (Å²) >= 11 is 0. The van der Waals surface area contributed by atoms with Gasteiger partial charge in [-0.05, 0) is 39.2 Å².